The van der Waals surface area contributed by atoms with Gasteiger partial charge in [-0.2, -0.15) is 0 Å². The second-order valence-electron chi connectivity index (χ2n) is 8.24. The van der Waals surface area contributed by atoms with Crippen molar-refractivity contribution in [2.45, 2.75) is 52.0 Å². The number of fused-ring (bicyclic) bond motifs is 1. The fourth-order valence-electron chi connectivity index (χ4n) is 4.02. The van der Waals surface area contributed by atoms with Gasteiger partial charge in [-0.15, -0.1) is 0 Å². The Bertz CT molecular complexity index is 1190. The van der Waals surface area contributed by atoms with Gasteiger partial charge in [-0.25, -0.2) is 4.98 Å². The van der Waals surface area contributed by atoms with E-state index >= 15 is 0 Å². The molecule has 0 bridgehead atoms. The molecule has 0 aliphatic rings. The third-order valence-corrected chi connectivity index (χ3v) is 6.76. The molecule has 0 atom stereocenters. The predicted molar refractivity (Wildman–Crippen MR) is 144 cm³/mol. The van der Waals surface area contributed by atoms with Crippen LogP contribution < -0.4 is 15.0 Å². The standard InChI is InChI=1S/C26H31Cl3N2O4/c1-4-11-35-12-9-7-5-6-8-10-31-19-14-22(27)30-16-17(19)13-18(26(31)32)23-24(28)20(33-2)15-21(34-3)25(23)29/h13-16H,4-12H2,1-3H3. The van der Waals surface area contributed by atoms with Crippen molar-refractivity contribution in [1.29, 1.82) is 0 Å². The number of benzene rings is 1. The predicted octanol–water partition coefficient (Wildman–Crippen LogP) is 7.42. The molecule has 2 aromatic heterocycles. The lowest BCUT2D eigenvalue weighted by Crippen LogP contribution is -2.23. The van der Waals surface area contributed by atoms with Crippen LogP contribution in [0.4, 0.5) is 0 Å². The average Bonchev–Trinajstić information content (AvgIpc) is 2.85. The fraction of sp³-hybridized carbons (Fsp3) is 0.462. The molecule has 0 aliphatic carbocycles. The van der Waals surface area contributed by atoms with Crippen LogP contribution in [0.3, 0.4) is 0 Å². The van der Waals surface area contributed by atoms with E-state index < -0.39 is 0 Å². The molecular formula is C26H31Cl3N2O4. The summed E-state index contributed by atoms with van der Waals surface area (Å²) in [6.45, 7) is 4.26. The van der Waals surface area contributed by atoms with Crippen molar-refractivity contribution in [3.8, 4) is 22.6 Å². The lowest BCUT2D eigenvalue weighted by molar-refractivity contribution is 0.130. The van der Waals surface area contributed by atoms with Gasteiger partial charge in [0.15, 0.2) is 0 Å². The van der Waals surface area contributed by atoms with E-state index in [1.807, 2.05) is 0 Å². The number of aryl methyl sites for hydroxylation is 1. The number of unbranched alkanes of at least 4 members (excludes halogenated alkanes) is 4. The van der Waals surface area contributed by atoms with Gasteiger partial charge in [0.05, 0.1) is 35.3 Å². The SMILES string of the molecule is CCCOCCCCCCCn1c(=O)c(-c2c(Cl)c(OC)cc(OC)c2Cl)cc2cnc(Cl)cc21. The molecule has 1 aromatic carbocycles. The van der Waals surface area contributed by atoms with Gasteiger partial charge in [-0.1, -0.05) is 61.0 Å². The zero-order valence-electron chi connectivity index (χ0n) is 20.3. The Kier molecular flexibility index (Phi) is 10.5. The van der Waals surface area contributed by atoms with Gasteiger partial charge in [0, 0.05) is 43.0 Å². The second-order valence-corrected chi connectivity index (χ2v) is 9.39. The first-order chi connectivity index (χ1) is 16.9. The number of halogens is 3. The van der Waals surface area contributed by atoms with Crippen LogP contribution in [-0.4, -0.2) is 37.0 Å². The molecule has 2 heterocycles. The quantitative estimate of drug-likeness (QED) is 0.166. The molecule has 190 valence electrons. The van der Waals surface area contributed by atoms with Crippen molar-refractivity contribution in [3.63, 3.8) is 0 Å². The lowest BCUT2D eigenvalue weighted by Gasteiger charge is -2.17. The first-order valence-corrected chi connectivity index (χ1v) is 12.9. The van der Waals surface area contributed by atoms with Crippen molar-refractivity contribution < 1.29 is 14.2 Å². The van der Waals surface area contributed by atoms with Gasteiger partial charge < -0.3 is 18.8 Å². The number of methoxy groups -OCH3 is 2. The van der Waals surface area contributed by atoms with E-state index in [4.69, 9.17) is 49.0 Å². The largest absolute Gasteiger partial charge is 0.495 e. The molecule has 35 heavy (non-hydrogen) atoms. The fourth-order valence-corrected chi connectivity index (χ4v) is 4.88. The minimum absolute atomic E-state index is 0.216. The Morgan fingerprint density at radius 1 is 0.886 bits per heavy atom. The molecule has 3 aromatic rings. The third-order valence-electron chi connectivity index (χ3n) is 5.81. The van der Waals surface area contributed by atoms with Gasteiger partial charge in [0.1, 0.15) is 16.7 Å². The highest BCUT2D eigenvalue weighted by Gasteiger charge is 2.22. The highest BCUT2D eigenvalue weighted by atomic mass is 35.5. The Morgan fingerprint density at radius 2 is 1.54 bits per heavy atom. The Balaban J connectivity index is 1.93. The number of hydrogen-bond acceptors (Lipinski definition) is 5. The molecule has 0 saturated heterocycles. The summed E-state index contributed by atoms with van der Waals surface area (Å²) in [6, 6.07) is 5.05. The molecule has 6 nitrogen and oxygen atoms in total. The van der Waals surface area contributed by atoms with Gasteiger partial charge in [-0.05, 0) is 31.4 Å². The summed E-state index contributed by atoms with van der Waals surface area (Å²) in [4.78, 5) is 17.9. The molecule has 0 saturated carbocycles. The first-order valence-electron chi connectivity index (χ1n) is 11.8. The summed E-state index contributed by atoms with van der Waals surface area (Å²) in [6.07, 6.45) is 7.76. The van der Waals surface area contributed by atoms with E-state index in [1.165, 1.54) is 14.2 Å². The monoisotopic (exact) mass is 540 g/mol. The third kappa shape index (κ3) is 6.62. The summed E-state index contributed by atoms with van der Waals surface area (Å²) < 4.78 is 18.0. The van der Waals surface area contributed by atoms with E-state index in [-0.39, 0.29) is 15.6 Å². The molecule has 0 fully saturated rings. The number of hydrogen-bond donors (Lipinski definition) is 0. The topological polar surface area (TPSA) is 62.6 Å². The van der Waals surface area contributed by atoms with E-state index in [9.17, 15) is 4.79 Å². The van der Waals surface area contributed by atoms with Crippen LogP contribution in [0.5, 0.6) is 11.5 Å². The van der Waals surface area contributed by atoms with Crippen LogP contribution in [0.15, 0.2) is 29.2 Å². The lowest BCUT2D eigenvalue weighted by atomic mass is 10.0. The van der Waals surface area contributed by atoms with E-state index in [0.717, 1.165) is 57.1 Å². The van der Waals surface area contributed by atoms with Crippen LogP contribution in [-0.2, 0) is 11.3 Å². The second kappa shape index (κ2) is 13.4. The summed E-state index contributed by atoms with van der Waals surface area (Å²) >= 11 is 19.4. The maximum atomic E-state index is 13.7. The molecule has 0 aliphatic heterocycles. The molecule has 0 radical (unpaired) electrons. The van der Waals surface area contributed by atoms with E-state index in [0.29, 0.717) is 39.8 Å². The average molecular weight is 542 g/mol. The number of aromatic nitrogens is 2. The van der Waals surface area contributed by atoms with Gasteiger partial charge >= 0.3 is 0 Å². The Morgan fingerprint density at radius 3 is 2.20 bits per heavy atom. The summed E-state index contributed by atoms with van der Waals surface area (Å²) in [5, 5.41) is 1.57. The van der Waals surface area contributed by atoms with Crippen molar-refractivity contribution in [1.82, 2.24) is 9.55 Å². The number of pyridine rings is 2. The Labute approximate surface area is 221 Å². The number of nitrogens with zero attached hydrogens (tertiary/aromatic N) is 2. The van der Waals surface area contributed by atoms with Crippen molar-refractivity contribution in [2.75, 3.05) is 27.4 Å². The minimum Gasteiger partial charge on any atom is -0.495 e. The maximum absolute atomic E-state index is 13.7. The summed E-state index contributed by atoms with van der Waals surface area (Å²) in [7, 11) is 3.00. The van der Waals surface area contributed by atoms with Crippen LogP contribution in [0.1, 0.15) is 45.4 Å². The summed E-state index contributed by atoms with van der Waals surface area (Å²) in [5.41, 5.74) is 1.22. The molecule has 9 heteroatoms. The number of rotatable bonds is 13. The highest BCUT2D eigenvalue weighted by Crippen LogP contribution is 2.45. The molecule has 3 rings (SSSR count). The van der Waals surface area contributed by atoms with Crippen molar-refractivity contribution in [3.05, 3.63) is 49.9 Å². The van der Waals surface area contributed by atoms with Crippen LogP contribution in [0, 0.1) is 0 Å². The number of ether oxygens (including phenoxy) is 3. The maximum Gasteiger partial charge on any atom is 0.259 e. The minimum atomic E-state index is -0.216. The highest BCUT2D eigenvalue weighted by molar-refractivity contribution is 6.41. The van der Waals surface area contributed by atoms with Crippen molar-refractivity contribution >= 4 is 45.7 Å². The Hall–Kier alpha value is -1.99. The first kappa shape index (κ1) is 27.6. The molecule has 0 amide bonds. The van der Waals surface area contributed by atoms with Crippen LogP contribution in [0.2, 0.25) is 15.2 Å². The van der Waals surface area contributed by atoms with Crippen molar-refractivity contribution in [2.24, 2.45) is 0 Å². The van der Waals surface area contributed by atoms with Gasteiger partial charge in [-0.3, -0.25) is 4.79 Å². The molecule has 0 unspecified atom stereocenters. The molecular weight excluding hydrogens is 511 g/mol. The van der Waals surface area contributed by atoms with Gasteiger partial charge in [0.25, 0.3) is 5.56 Å². The molecule has 0 N–H and O–H groups in total. The summed E-state index contributed by atoms with van der Waals surface area (Å²) in [5.74, 6) is 0.734. The smallest absolute Gasteiger partial charge is 0.259 e. The van der Waals surface area contributed by atoms with Crippen LogP contribution >= 0.6 is 34.8 Å². The van der Waals surface area contributed by atoms with E-state index in [2.05, 4.69) is 11.9 Å². The normalized spacial score (nSPS) is 11.3. The van der Waals surface area contributed by atoms with E-state index in [1.54, 1.807) is 29.0 Å². The zero-order valence-corrected chi connectivity index (χ0v) is 22.6. The van der Waals surface area contributed by atoms with Gasteiger partial charge in [0.2, 0.25) is 0 Å². The zero-order chi connectivity index (χ0) is 25.4. The van der Waals surface area contributed by atoms with Crippen LogP contribution in [0.25, 0.3) is 22.0 Å². The molecule has 0 spiro atoms.